The number of aromatic nitrogens is 2. The summed E-state index contributed by atoms with van der Waals surface area (Å²) in [5, 5.41) is 4.04. The molecule has 1 aromatic rings. The third-order valence-corrected chi connectivity index (χ3v) is 3.70. The molecular weight excluding hydrogens is 242 g/mol. The van der Waals surface area contributed by atoms with Crippen molar-refractivity contribution in [1.82, 2.24) is 14.7 Å². The van der Waals surface area contributed by atoms with Crippen LogP contribution in [0, 0.1) is 0 Å². The van der Waals surface area contributed by atoms with Gasteiger partial charge in [0.2, 0.25) is 0 Å². The number of hydrogen-bond acceptors (Lipinski definition) is 3. The Morgan fingerprint density at radius 3 is 2.79 bits per heavy atom. The molecule has 1 amide bonds. The maximum Gasteiger partial charge on any atom is 0.272 e. The second-order valence-electron chi connectivity index (χ2n) is 5.25. The van der Waals surface area contributed by atoms with Crippen LogP contribution in [0.3, 0.4) is 0 Å². The van der Waals surface area contributed by atoms with Gasteiger partial charge in [0.05, 0.1) is 0 Å². The monoisotopic (exact) mass is 263 g/mol. The van der Waals surface area contributed by atoms with E-state index in [1.165, 1.54) is 0 Å². The lowest BCUT2D eigenvalue weighted by atomic mass is 10.0. The molecule has 5 heteroatoms. The molecule has 0 N–H and O–H groups in total. The van der Waals surface area contributed by atoms with Crippen molar-refractivity contribution in [3.63, 3.8) is 0 Å². The minimum atomic E-state index is -0.00634. The summed E-state index contributed by atoms with van der Waals surface area (Å²) < 4.78 is 1.60. The molecule has 0 aromatic carbocycles. The van der Waals surface area contributed by atoms with Gasteiger partial charge in [-0.15, -0.1) is 0 Å². The van der Waals surface area contributed by atoms with Crippen LogP contribution in [-0.4, -0.2) is 39.0 Å². The fraction of sp³-hybridized carbons (Fsp3) is 0.643. The fourth-order valence-electron chi connectivity index (χ4n) is 2.72. The topological polar surface area (TPSA) is 55.2 Å². The number of ketones is 1. The highest BCUT2D eigenvalue weighted by atomic mass is 16.2. The van der Waals surface area contributed by atoms with Crippen molar-refractivity contribution in [1.29, 1.82) is 0 Å². The summed E-state index contributed by atoms with van der Waals surface area (Å²) in [5.74, 6) is 0.142. The van der Waals surface area contributed by atoms with Gasteiger partial charge in [0.1, 0.15) is 11.5 Å². The Morgan fingerprint density at radius 1 is 1.37 bits per heavy atom. The summed E-state index contributed by atoms with van der Waals surface area (Å²) in [4.78, 5) is 25.8. The van der Waals surface area contributed by atoms with Gasteiger partial charge in [-0.1, -0.05) is 12.8 Å². The van der Waals surface area contributed by atoms with Crippen LogP contribution in [0.25, 0.3) is 0 Å². The quantitative estimate of drug-likeness (QED) is 0.835. The molecule has 0 radical (unpaired) electrons. The average molecular weight is 263 g/mol. The molecule has 5 nitrogen and oxygen atoms in total. The highest BCUT2D eigenvalue weighted by molar-refractivity contribution is 5.93. The molecule has 0 spiro atoms. The maximum absolute atomic E-state index is 12.6. The Labute approximate surface area is 113 Å². The number of carbonyl (C=O) groups is 2. The highest BCUT2D eigenvalue weighted by Crippen LogP contribution is 2.21. The lowest BCUT2D eigenvalue weighted by molar-refractivity contribution is -0.118. The molecule has 2 heterocycles. The smallest absolute Gasteiger partial charge is 0.272 e. The number of amides is 1. The predicted octanol–water partition coefficient (Wildman–Crippen LogP) is 1.78. The lowest BCUT2D eigenvalue weighted by Gasteiger charge is -2.29. The molecule has 0 bridgehead atoms. The molecule has 104 valence electrons. The largest absolute Gasteiger partial charge is 0.334 e. The van der Waals surface area contributed by atoms with Gasteiger partial charge in [-0.25, -0.2) is 0 Å². The molecule has 1 unspecified atom stereocenters. The van der Waals surface area contributed by atoms with E-state index in [2.05, 4.69) is 5.10 Å². The molecule has 19 heavy (non-hydrogen) atoms. The van der Waals surface area contributed by atoms with E-state index in [4.69, 9.17) is 0 Å². The van der Waals surface area contributed by atoms with E-state index in [1.54, 1.807) is 30.9 Å². The molecule has 1 saturated heterocycles. The van der Waals surface area contributed by atoms with Gasteiger partial charge in [0, 0.05) is 32.3 Å². The summed E-state index contributed by atoms with van der Waals surface area (Å²) in [6.45, 7) is 2.33. The average Bonchev–Trinajstić information content (AvgIpc) is 2.64. The molecular formula is C14H21N3O2. The van der Waals surface area contributed by atoms with Crippen LogP contribution in [0.2, 0.25) is 0 Å². The number of nitrogens with zero attached hydrogens (tertiary/aromatic N) is 3. The molecule has 1 atom stereocenters. The van der Waals surface area contributed by atoms with Crippen LogP contribution in [0.5, 0.6) is 0 Å². The Kier molecular flexibility index (Phi) is 4.35. The number of hydrogen-bond donors (Lipinski definition) is 0. The normalized spacial score (nSPS) is 20.1. The second kappa shape index (κ2) is 5.99. The van der Waals surface area contributed by atoms with E-state index in [0.29, 0.717) is 12.1 Å². The van der Waals surface area contributed by atoms with Crippen LogP contribution in [-0.2, 0) is 11.8 Å². The summed E-state index contributed by atoms with van der Waals surface area (Å²) in [6, 6.07) is 1.78. The van der Waals surface area contributed by atoms with Crippen molar-refractivity contribution in [3.05, 3.63) is 18.0 Å². The van der Waals surface area contributed by atoms with Crippen molar-refractivity contribution in [2.45, 2.75) is 45.1 Å². The number of carbonyl (C=O) groups excluding carboxylic acids is 2. The third kappa shape index (κ3) is 3.22. The minimum Gasteiger partial charge on any atom is -0.334 e. The second-order valence-corrected chi connectivity index (χ2v) is 5.25. The summed E-state index contributed by atoms with van der Waals surface area (Å²) in [6.07, 6.45) is 6.24. The van der Waals surface area contributed by atoms with Gasteiger partial charge in [-0.05, 0) is 25.8 Å². The van der Waals surface area contributed by atoms with E-state index >= 15 is 0 Å². The molecule has 0 saturated carbocycles. The summed E-state index contributed by atoms with van der Waals surface area (Å²) in [5.41, 5.74) is 0.593. The molecule has 1 aliphatic rings. The van der Waals surface area contributed by atoms with Crippen LogP contribution >= 0.6 is 0 Å². The number of aryl methyl sites for hydroxylation is 1. The number of Topliss-reactive ketones (excluding diaryl/α,β-unsaturated/α-hetero) is 1. The SMILES string of the molecule is CC(=O)CC1CCCCCN1C(=O)c1ccnn1C. The first-order valence-electron chi connectivity index (χ1n) is 6.88. The lowest BCUT2D eigenvalue weighted by Crippen LogP contribution is -2.41. The Bertz CT molecular complexity index is 467. The maximum atomic E-state index is 12.6. The van der Waals surface area contributed by atoms with Crippen molar-refractivity contribution in [3.8, 4) is 0 Å². The molecule has 0 aliphatic carbocycles. The molecule has 1 aromatic heterocycles. The van der Waals surface area contributed by atoms with Crippen molar-refractivity contribution < 1.29 is 9.59 Å². The van der Waals surface area contributed by atoms with Crippen molar-refractivity contribution in [2.75, 3.05) is 6.54 Å². The van der Waals surface area contributed by atoms with E-state index < -0.39 is 0 Å². The zero-order chi connectivity index (χ0) is 13.8. The standard InChI is InChI=1S/C14H21N3O2/c1-11(18)10-12-6-4-3-5-9-17(12)14(19)13-7-8-15-16(13)2/h7-8,12H,3-6,9-10H2,1-2H3. The number of likely N-dealkylation sites (tertiary alicyclic amines) is 1. The Balaban J connectivity index is 2.20. The van der Waals surface area contributed by atoms with E-state index in [-0.39, 0.29) is 17.7 Å². The van der Waals surface area contributed by atoms with Crippen LogP contribution in [0.4, 0.5) is 0 Å². The molecule has 1 fully saturated rings. The fourth-order valence-corrected chi connectivity index (χ4v) is 2.72. The van der Waals surface area contributed by atoms with Crippen LogP contribution < -0.4 is 0 Å². The third-order valence-electron chi connectivity index (χ3n) is 3.70. The van der Waals surface area contributed by atoms with Gasteiger partial charge in [-0.2, -0.15) is 5.10 Å². The zero-order valence-corrected chi connectivity index (χ0v) is 11.6. The van der Waals surface area contributed by atoms with Crippen LogP contribution in [0.1, 0.15) is 49.5 Å². The Morgan fingerprint density at radius 2 is 2.16 bits per heavy atom. The Hall–Kier alpha value is -1.65. The van der Waals surface area contributed by atoms with Gasteiger partial charge < -0.3 is 4.90 Å². The molecule has 1 aliphatic heterocycles. The summed E-state index contributed by atoms with van der Waals surface area (Å²) in [7, 11) is 1.77. The van der Waals surface area contributed by atoms with Gasteiger partial charge in [0.15, 0.2) is 0 Å². The van der Waals surface area contributed by atoms with Crippen molar-refractivity contribution in [2.24, 2.45) is 7.05 Å². The van der Waals surface area contributed by atoms with Gasteiger partial charge in [0.25, 0.3) is 5.91 Å². The van der Waals surface area contributed by atoms with Gasteiger partial charge >= 0.3 is 0 Å². The first kappa shape index (κ1) is 13.8. The first-order valence-corrected chi connectivity index (χ1v) is 6.88. The molecule has 2 rings (SSSR count). The van der Waals surface area contributed by atoms with Crippen LogP contribution in [0.15, 0.2) is 12.3 Å². The minimum absolute atomic E-state index is 0.00634. The van der Waals surface area contributed by atoms with E-state index in [9.17, 15) is 9.59 Å². The van der Waals surface area contributed by atoms with E-state index in [1.807, 2.05) is 4.90 Å². The highest BCUT2D eigenvalue weighted by Gasteiger charge is 2.28. The van der Waals surface area contributed by atoms with E-state index in [0.717, 1.165) is 32.2 Å². The number of rotatable bonds is 3. The predicted molar refractivity (Wildman–Crippen MR) is 71.8 cm³/mol. The summed E-state index contributed by atoms with van der Waals surface area (Å²) >= 11 is 0. The van der Waals surface area contributed by atoms with Gasteiger partial charge in [-0.3, -0.25) is 14.3 Å². The first-order chi connectivity index (χ1) is 9.09. The van der Waals surface area contributed by atoms with Crippen molar-refractivity contribution >= 4 is 11.7 Å². The zero-order valence-electron chi connectivity index (χ0n) is 11.6.